The summed E-state index contributed by atoms with van der Waals surface area (Å²) in [5.41, 5.74) is 2.96. The minimum atomic E-state index is -4.99. The van der Waals surface area contributed by atoms with Crippen LogP contribution in [0.15, 0.2) is 27.6 Å². The van der Waals surface area contributed by atoms with Gasteiger partial charge in [0.1, 0.15) is 17.4 Å². The molecule has 202 valence electrons. The fourth-order valence-corrected chi connectivity index (χ4v) is 4.39. The van der Waals surface area contributed by atoms with Gasteiger partial charge in [-0.1, -0.05) is 19.0 Å². The smallest absolute Gasteiger partial charge is 0.418 e. The number of hydrogen-bond donors (Lipinski definition) is 5. The molecule has 0 bridgehead atoms. The number of aromatic hydroxyl groups is 1. The number of carbonyl (C=O) groups is 2. The zero-order chi connectivity index (χ0) is 27.9. The lowest BCUT2D eigenvalue weighted by atomic mass is 9.84. The van der Waals surface area contributed by atoms with Gasteiger partial charge in [-0.25, -0.2) is 4.98 Å². The number of anilines is 1. The summed E-state index contributed by atoms with van der Waals surface area (Å²) < 4.78 is 35.7. The van der Waals surface area contributed by atoms with Gasteiger partial charge in [0.25, 0.3) is 11.8 Å². The number of oxime groups is 1. The van der Waals surface area contributed by atoms with Crippen molar-refractivity contribution in [3.63, 3.8) is 0 Å². The normalized spacial score (nSPS) is 18.4. The summed E-state index contributed by atoms with van der Waals surface area (Å²) in [6, 6.07) is -0.348. The second-order valence-electron chi connectivity index (χ2n) is 8.77. The predicted octanol–water partition coefficient (Wildman–Crippen LogP) is -0.212. The van der Waals surface area contributed by atoms with Gasteiger partial charge in [0, 0.05) is 11.4 Å². The number of carbonyl (C=O) groups excluding carboxylic acids is 2. The Bertz CT molecular complexity index is 1410. The lowest BCUT2D eigenvalue weighted by Crippen LogP contribution is -2.76. The van der Waals surface area contributed by atoms with Crippen LogP contribution in [0.2, 0.25) is 0 Å². The third-order valence-electron chi connectivity index (χ3n) is 5.30. The van der Waals surface area contributed by atoms with Crippen LogP contribution in [0, 0.1) is 5.92 Å². The van der Waals surface area contributed by atoms with Crippen LogP contribution in [-0.2, 0) is 29.1 Å². The predicted molar refractivity (Wildman–Crippen MR) is 127 cm³/mol. The number of nitrogen functional groups attached to an aromatic ring is 1. The van der Waals surface area contributed by atoms with Gasteiger partial charge in [-0.05, 0) is 19.8 Å². The molecule has 1 saturated heterocycles. The van der Waals surface area contributed by atoms with Crippen molar-refractivity contribution < 1.29 is 42.0 Å². The van der Waals surface area contributed by atoms with E-state index >= 15 is 0 Å². The number of nitrogens with one attached hydrogen (secondary N) is 1. The summed E-state index contributed by atoms with van der Waals surface area (Å²) in [5, 5.41) is 27.8. The monoisotopic (exact) mass is 560 g/mol. The molecule has 1 unspecified atom stereocenters. The molecule has 3 heterocycles. The standard InChI is InChI=1S/C19H24N6O10S2/c1-8(2)14(10-5-11(26)12(27)6-24(10)30)34-23-13(9-7-36-18(20)21-9)16(28)22-15-17(29)25(19(15,3)4)35-37(31,32)33/h5-8,14-15,27,30H,1-4H3,(H2,20,21)(H,22,28)(H,31,32,33)/b23-13-/t14?,15-/m1/s1. The fourth-order valence-electron chi connectivity index (χ4n) is 3.39. The summed E-state index contributed by atoms with van der Waals surface area (Å²) in [7, 11) is -4.99. The Balaban J connectivity index is 1.92. The average molecular weight is 561 g/mol. The van der Waals surface area contributed by atoms with Gasteiger partial charge in [0.05, 0.1) is 11.7 Å². The minimum absolute atomic E-state index is 0.0229. The highest BCUT2D eigenvalue weighted by atomic mass is 32.3. The minimum Gasteiger partial charge on any atom is -0.503 e. The molecular weight excluding hydrogens is 536 g/mol. The second kappa shape index (κ2) is 9.96. The van der Waals surface area contributed by atoms with Crippen LogP contribution in [0.4, 0.5) is 5.13 Å². The molecule has 6 N–H and O–H groups in total. The SMILES string of the molecule is CC(C)C(O/N=C(\C(=O)N[C@@H]1C(=O)N(OS(=O)(=O)O)C1(C)C)c1csc(N)n1)c1cc(=O)c(O)cn1O. The average Bonchev–Trinajstić information content (AvgIpc) is 3.21. The van der Waals surface area contributed by atoms with E-state index in [0.717, 1.165) is 23.6 Å². The first-order chi connectivity index (χ1) is 17.0. The van der Waals surface area contributed by atoms with Crippen molar-refractivity contribution in [3.05, 3.63) is 39.3 Å². The summed E-state index contributed by atoms with van der Waals surface area (Å²) >= 11 is 0.986. The highest BCUT2D eigenvalue weighted by molar-refractivity contribution is 7.80. The molecule has 1 aliphatic rings. The maximum atomic E-state index is 13.2. The van der Waals surface area contributed by atoms with E-state index in [1.165, 1.54) is 19.2 Å². The van der Waals surface area contributed by atoms with E-state index in [9.17, 15) is 33.1 Å². The molecule has 18 heteroatoms. The number of rotatable bonds is 9. The van der Waals surface area contributed by atoms with Gasteiger partial charge in [0.15, 0.2) is 22.7 Å². The molecule has 0 aliphatic carbocycles. The van der Waals surface area contributed by atoms with Crippen LogP contribution in [-0.4, -0.2) is 67.2 Å². The molecular formula is C19H24N6O10S2. The summed E-state index contributed by atoms with van der Waals surface area (Å²) in [4.78, 5) is 47.0. The van der Waals surface area contributed by atoms with Gasteiger partial charge in [-0.3, -0.25) is 18.9 Å². The highest BCUT2D eigenvalue weighted by Gasteiger charge is 2.58. The lowest BCUT2D eigenvalue weighted by molar-refractivity contribution is -0.218. The molecule has 0 saturated carbocycles. The molecule has 2 amide bonds. The zero-order valence-electron chi connectivity index (χ0n) is 19.8. The van der Waals surface area contributed by atoms with Gasteiger partial charge in [-0.2, -0.15) is 18.2 Å². The van der Waals surface area contributed by atoms with Gasteiger partial charge in [-0.15, -0.1) is 15.6 Å². The number of aromatic nitrogens is 2. The van der Waals surface area contributed by atoms with E-state index in [4.69, 9.17) is 15.1 Å². The number of hydroxylamine groups is 2. The van der Waals surface area contributed by atoms with Crippen LogP contribution in [0.1, 0.15) is 45.2 Å². The number of nitrogens with zero attached hydrogens (tertiary/aromatic N) is 4. The molecule has 37 heavy (non-hydrogen) atoms. The van der Waals surface area contributed by atoms with Crippen molar-refractivity contribution in [2.45, 2.75) is 45.4 Å². The molecule has 0 spiro atoms. The Morgan fingerprint density at radius 3 is 2.51 bits per heavy atom. The molecule has 2 atom stereocenters. The van der Waals surface area contributed by atoms with Gasteiger partial charge in [0.2, 0.25) is 5.43 Å². The zero-order valence-corrected chi connectivity index (χ0v) is 21.5. The first-order valence-electron chi connectivity index (χ1n) is 10.4. The van der Waals surface area contributed by atoms with Gasteiger partial charge < -0.3 is 26.2 Å². The van der Waals surface area contributed by atoms with Crippen LogP contribution in [0.5, 0.6) is 5.75 Å². The van der Waals surface area contributed by atoms with E-state index in [0.29, 0.717) is 9.79 Å². The summed E-state index contributed by atoms with van der Waals surface area (Å²) in [6.45, 7) is 6.10. The summed E-state index contributed by atoms with van der Waals surface area (Å²) in [6.07, 6.45) is -0.308. The molecule has 16 nitrogen and oxygen atoms in total. The Hall–Kier alpha value is -3.74. The van der Waals surface area contributed by atoms with Crippen molar-refractivity contribution in [3.8, 4) is 5.75 Å². The van der Waals surface area contributed by atoms with Crippen LogP contribution >= 0.6 is 11.3 Å². The molecule has 1 fully saturated rings. The Kier molecular flexibility index (Phi) is 7.49. The topological polar surface area (TPSA) is 236 Å². The maximum Gasteiger partial charge on any atom is 0.418 e. The third kappa shape index (κ3) is 5.82. The number of nitrogens with two attached hydrogens (primary N) is 1. The largest absolute Gasteiger partial charge is 0.503 e. The Morgan fingerprint density at radius 2 is 2.00 bits per heavy atom. The number of pyridine rings is 1. The number of hydrogen-bond acceptors (Lipinski definition) is 13. The Morgan fingerprint density at radius 1 is 1.35 bits per heavy atom. The lowest BCUT2D eigenvalue weighted by Gasteiger charge is -2.50. The number of amides is 2. The maximum absolute atomic E-state index is 13.2. The quantitative estimate of drug-likeness (QED) is 0.0880. The van der Waals surface area contributed by atoms with E-state index in [-0.39, 0.29) is 16.5 Å². The van der Waals surface area contributed by atoms with E-state index in [1.54, 1.807) is 13.8 Å². The molecule has 2 aromatic rings. The molecule has 0 radical (unpaired) electrons. The first kappa shape index (κ1) is 27.8. The highest BCUT2D eigenvalue weighted by Crippen LogP contribution is 2.33. The van der Waals surface area contributed by atoms with Crippen molar-refractivity contribution in [1.29, 1.82) is 0 Å². The number of thiazole rings is 1. The molecule has 2 aromatic heterocycles. The van der Waals surface area contributed by atoms with Crippen LogP contribution < -0.4 is 16.5 Å². The van der Waals surface area contributed by atoms with E-state index < -0.39 is 62.7 Å². The van der Waals surface area contributed by atoms with Crippen molar-refractivity contribution in [2.24, 2.45) is 11.1 Å². The van der Waals surface area contributed by atoms with Crippen LogP contribution in [0.25, 0.3) is 0 Å². The van der Waals surface area contributed by atoms with Crippen molar-refractivity contribution in [1.82, 2.24) is 20.1 Å². The molecule has 0 aromatic carbocycles. The third-order valence-corrected chi connectivity index (χ3v) is 6.31. The molecule has 3 rings (SSSR count). The first-order valence-corrected chi connectivity index (χ1v) is 12.7. The molecule has 1 aliphatic heterocycles. The van der Waals surface area contributed by atoms with Crippen molar-refractivity contribution >= 4 is 44.4 Å². The Labute approximate surface area is 213 Å². The number of β-lactam (4-membered cyclic amide) rings is 1. The van der Waals surface area contributed by atoms with Crippen LogP contribution in [0.3, 0.4) is 0 Å². The van der Waals surface area contributed by atoms with Gasteiger partial charge >= 0.3 is 10.4 Å². The second-order valence-corrected chi connectivity index (χ2v) is 10.7. The van der Waals surface area contributed by atoms with Crippen molar-refractivity contribution in [2.75, 3.05) is 5.73 Å². The summed E-state index contributed by atoms with van der Waals surface area (Å²) in [5.74, 6) is -3.04. The fraction of sp³-hybridized carbons (Fsp3) is 0.421. The van der Waals surface area contributed by atoms with E-state index in [2.05, 4.69) is 19.7 Å². The van der Waals surface area contributed by atoms with E-state index in [1.807, 2.05) is 0 Å².